The molecule has 1 aliphatic rings. The Balaban J connectivity index is 1.55. The normalized spacial score (nSPS) is 15.2. The first-order chi connectivity index (χ1) is 13.9. The number of carbonyl (C=O) groups excluding carboxylic acids is 1. The van der Waals surface area contributed by atoms with E-state index >= 15 is 0 Å². The predicted octanol–water partition coefficient (Wildman–Crippen LogP) is 3.71. The second-order valence-corrected chi connectivity index (χ2v) is 8.85. The molecule has 9 heteroatoms. The molecule has 3 rings (SSSR count). The summed E-state index contributed by atoms with van der Waals surface area (Å²) in [5.41, 5.74) is 0.616. The van der Waals surface area contributed by atoms with Crippen LogP contribution in [0.5, 0.6) is 5.75 Å². The van der Waals surface area contributed by atoms with Crippen LogP contribution in [0.15, 0.2) is 53.4 Å². The molecule has 0 bridgehead atoms. The minimum Gasteiger partial charge on any atom is -0.492 e. The molecule has 1 fully saturated rings. The zero-order chi connectivity index (χ0) is 20.9. The molecular formula is C20H24ClN3O4S. The number of nitrogens with one attached hydrogen (secondary N) is 2. The number of hydrogen-bond donors (Lipinski definition) is 2. The molecule has 7 nitrogen and oxygen atoms in total. The number of anilines is 1. The van der Waals surface area contributed by atoms with E-state index in [4.69, 9.17) is 16.3 Å². The maximum Gasteiger partial charge on any atom is 0.321 e. The van der Waals surface area contributed by atoms with Gasteiger partial charge in [-0.05, 0) is 56.2 Å². The molecule has 0 saturated carbocycles. The molecule has 0 aliphatic carbocycles. The molecule has 2 amide bonds. The van der Waals surface area contributed by atoms with Gasteiger partial charge in [0.05, 0.1) is 17.2 Å². The van der Waals surface area contributed by atoms with E-state index in [2.05, 4.69) is 10.0 Å². The number of halogens is 1. The van der Waals surface area contributed by atoms with Gasteiger partial charge in [-0.1, -0.05) is 23.7 Å². The molecule has 0 aromatic heterocycles. The molecule has 2 aromatic rings. The van der Waals surface area contributed by atoms with E-state index < -0.39 is 10.0 Å². The predicted molar refractivity (Wildman–Crippen MR) is 113 cm³/mol. The van der Waals surface area contributed by atoms with Crippen molar-refractivity contribution < 1.29 is 17.9 Å². The van der Waals surface area contributed by atoms with Crippen molar-refractivity contribution in [2.75, 3.05) is 25.0 Å². The van der Waals surface area contributed by atoms with E-state index in [9.17, 15) is 13.2 Å². The molecule has 0 unspecified atom stereocenters. The summed E-state index contributed by atoms with van der Waals surface area (Å²) in [7, 11) is -3.62. The van der Waals surface area contributed by atoms with Crippen molar-refractivity contribution in [2.45, 2.75) is 30.7 Å². The molecule has 1 aliphatic heterocycles. The maximum absolute atomic E-state index is 12.6. The zero-order valence-corrected chi connectivity index (χ0v) is 17.7. The number of urea groups is 1. The highest BCUT2D eigenvalue weighted by atomic mass is 35.5. The number of benzene rings is 2. The lowest BCUT2D eigenvalue weighted by Crippen LogP contribution is -2.47. The fraction of sp³-hybridized carbons (Fsp3) is 0.350. The Hall–Kier alpha value is -2.29. The summed E-state index contributed by atoms with van der Waals surface area (Å²) in [5, 5.41) is 3.35. The van der Waals surface area contributed by atoms with E-state index in [0.717, 1.165) is 0 Å². The Kier molecular flexibility index (Phi) is 7.00. The minimum absolute atomic E-state index is 0.176. The molecule has 1 heterocycles. The van der Waals surface area contributed by atoms with E-state index in [0.29, 0.717) is 49.0 Å². The number of amides is 2. The molecular weight excluding hydrogens is 414 g/mol. The number of rotatable bonds is 6. The lowest BCUT2D eigenvalue weighted by atomic mass is 10.1. The van der Waals surface area contributed by atoms with Crippen LogP contribution in [0.4, 0.5) is 10.5 Å². The largest absolute Gasteiger partial charge is 0.492 e. The number of hydrogen-bond acceptors (Lipinski definition) is 4. The van der Waals surface area contributed by atoms with Crippen LogP contribution in [0, 0.1) is 0 Å². The van der Waals surface area contributed by atoms with Gasteiger partial charge in [0.1, 0.15) is 5.75 Å². The maximum atomic E-state index is 12.6. The molecule has 0 atom stereocenters. The van der Waals surface area contributed by atoms with E-state index in [-0.39, 0.29) is 17.0 Å². The summed E-state index contributed by atoms with van der Waals surface area (Å²) in [5.74, 6) is 0.619. The van der Waals surface area contributed by atoms with Crippen LogP contribution in [0.3, 0.4) is 0 Å². The van der Waals surface area contributed by atoms with Gasteiger partial charge in [-0.2, -0.15) is 0 Å². The van der Waals surface area contributed by atoms with Crippen LogP contribution in [-0.4, -0.2) is 45.1 Å². The Morgan fingerprint density at radius 1 is 1.14 bits per heavy atom. The second-order valence-electron chi connectivity index (χ2n) is 6.70. The average Bonchev–Trinajstić information content (AvgIpc) is 2.70. The van der Waals surface area contributed by atoms with Gasteiger partial charge in [0.25, 0.3) is 0 Å². The Bertz CT molecular complexity index is 942. The summed E-state index contributed by atoms with van der Waals surface area (Å²) in [6, 6.07) is 12.9. The second kappa shape index (κ2) is 9.47. The zero-order valence-electron chi connectivity index (χ0n) is 16.1. The fourth-order valence-corrected chi connectivity index (χ4v) is 4.58. The summed E-state index contributed by atoms with van der Waals surface area (Å²) >= 11 is 5.82. The number of sulfonamides is 1. The van der Waals surface area contributed by atoms with Gasteiger partial charge in [0.2, 0.25) is 10.0 Å². The van der Waals surface area contributed by atoms with Crippen molar-refractivity contribution in [2.24, 2.45) is 0 Å². The summed E-state index contributed by atoms with van der Waals surface area (Å²) < 4.78 is 33.3. The van der Waals surface area contributed by atoms with Gasteiger partial charge in [-0.25, -0.2) is 17.9 Å². The van der Waals surface area contributed by atoms with E-state index in [1.54, 1.807) is 29.2 Å². The Labute approximate surface area is 176 Å². The van der Waals surface area contributed by atoms with Gasteiger partial charge >= 0.3 is 6.03 Å². The van der Waals surface area contributed by atoms with Crippen molar-refractivity contribution in [3.63, 3.8) is 0 Å². The van der Waals surface area contributed by atoms with Gasteiger partial charge in [-0.3, -0.25) is 0 Å². The highest BCUT2D eigenvalue weighted by Crippen LogP contribution is 2.24. The van der Waals surface area contributed by atoms with Crippen molar-refractivity contribution in [3.8, 4) is 5.75 Å². The first-order valence-corrected chi connectivity index (χ1v) is 11.3. The van der Waals surface area contributed by atoms with Gasteiger partial charge < -0.3 is 15.0 Å². The molecule has 2 aromatic carbocycles. The first kappa shape index (κ1) is 21.4. The number of likely N-dealkylation sites (tertiary alicyclic amines) is 1. The highest BCUT2D eigenvalue weighted by molar-refractivity contribution is 7.89. The van der Waals surface area contributed by atoms with Crippen molar-refractivity contribution in [1.82, 2.24) is 9.62 Å². The van der Waals surface area contributed by atoms with Crippen LogP contribution in [0.1, 0.15) is 19.8 Å². The molecule has 2 N–H and O–H groups in total. The average molecular weight is 438 g/mol. The van der Waals surface area contributed by atoms with E-state index in [1.165, 1.54) is 12.1 Å². The number of carbonyl (C=O) groups is 1. The fourth-order valence-electron chi connectivity index (χ4n) is 3.15. The highest BCUT2D eigenvalue weighted by Gasteiger charge is 2.27. The van der Waals surface area contributed by atoms with Crippen molar-refractivity contribution >= 4 is 33.3 Å². The van der Waals surface area contributed by atoms with E-state index in [1.807, 2.05) is 19.1 Å². The van der Waals surface area contributed by atoms with Crippen molar-refractivity contribution in [3.05, 3.63) is 53.6 Å². The van der Waals surface area contributed by atoms with Crippen LogP contribution in [-0.2, 0) is 10.0 Å². The molecule has 1 saturated heterocycles. The Morgan fingerprint density at radius 3 is 2.45 bits per heavy atom. The van der Waals surface area contributed by atoms with Gasteiger partial charge in [0.15, 0.2) is 0 Å². The standard InChI is InChI=1S/C20H24ClN3O4S/c1-2-28-19-6-4-3-5-18(19)22-20(25)24-13-11-16(12-14-24)23-29(26,27)17-9-7-15(21)8-10-17/h3-10,16,23H,2,11-14H2,1H3,(H,22,25). The van der Waals surface area contributed by atoms with Crippen molar-refractivity contribution in [1.29, 1.82) is 0 Å². The van der Waals surface area contributed by atoms with Crippen LogP contribution >= 0.6 is 11.6 Å². The summed E-state index contributed by atoms with van der Waals surface area (Å²) in [6.07, 6.45) is 1.07. The quantitative estimate of drug-likeness (QED) is 0.721. The number of nitrogens with zero attached hydrogens (tertiary/aromatic N) is 1. The smallest absolute Gasteiger partial charge is 0.321 e. The number of piperidine rings is 1. The number of ether oxygens (including phenoxy) is 1. The Morgan fingerprint density at radius 2 is 1.79 bits per heavy atom. The third-order valence-corrected chi connectivity index (χ3v) is 6.44. The van der Waals surface area contributed by atoms with Crippen LogP contribution in [0.2, 0.25) is 5.02 Å². The monoisotopic (exact) mass is 437 g/mol. The van der Waals surface area contributed by atoms with Gasteiger partial charge in [0, 0.05) is 24.2 Å². The van der Waals surface area contributed by atoms with Gasteiger partial charge in [-0.15, -0.1) is 0 Å². The third-order valence-electron chi connectivity index (χ3n) is 4.66. The topological polar surface area (TPSA) is 87.7 Å². The molecule has 156 valence electrons. The molecule has 0 spiro atoms. The first-order valence-electron chi connectivity index (χ1n) is 9.44. The number of para-hydroxylation sites is 2. The lowest BCUT2D eigenvalue weighted by Gasteiger charge is -2.32. The molecule has 29 heavy (non-hydrogen) atoms. The minimum atomic E-state index is -3.62. The van der Waals surface area contributed by atoms with Crippen LogP contribution < -0.4 is 14.8 Å². The molecule has 0 radical (unpaired) electrons. The SMILES string of the molecule is CCOc1ccccc1NC(=O)N1CCC(NS(=O)(=O)c2ccc(Cl)cc2)CC1. The summed E-state index contributed by atoms with van der Waals surface area (Å²) in [6.45, 7) is 3.30. The third kappa shape index (κ3) is 5.62. The lowest BCUT2D eigenvalue weighted by molar-refractivity contribution is 0.193. The van der Waals surface area contributed by atoms with Crippen LogP contribution in [0.25, 0.3) is 0 Å². The summed E-state index contributed by atoms with van der Waals surface area (Å²) in [4.78, 5) is 14.4.